The molecule has 0 aliphatic heterocycles. The van der Waals surface area contributed by atoms with Crippen LogP contribution in [0, 0.1) is 0 Å². The molecule has 0 amide bonds. The highest BCUT2D eigenvalue weighted by Gasteiger charge is 2.24. The molecule has 0 radical (unpaired) electrons. The van der Waals surface area contributed by atoms with Gasteiger partial charge in [0.2, 0.25) is 0 Å². The number of hydrogen-bond donors (Lipinski definition) is 0. The van der Waals surface area contributed by atoms with E-state index in [4.69, 9.17) is 0 Å². The van der Waals surface area contributed by atoms with Crippen molar-refractivity contribution in [3.05, 3.63) is 510 Å². The predicted octanol–water partition coefficient (Wildman–Crippen LogP) is 35.6. The monoisotopic (exact) mass is 1670 g/mol. The molecule has 0 saturated heterocycles. The molecule has 0 bridgehead atoms. The van der Waals surface area contributed by atoms with Crippen molar-refractivity contribution in [2.75, 3.05) is 29.4 Å². The van der Waals surface area contributed by atoms with E-state index in [2.05, 4.69) is 539 Å². The average Bonchev–Trinajstić information content (AvgIpc) is 1.59. The minimum absolute atomic E-state index is 1.04. The molecule has 20 aromatic carbocycles. The zero-order valence-electron chi connectivity index (χ0n) is 70.0. The Balaban J connectivity index is 0.535. The fourth-order valence-electron chi connectivity index (χ4n) is 18.0. The minimum Gasteiger partial charge on any atom is -0.311 e. The normalized spacial score (nSPS) is 11.3. The van der Waals surface area contributed by atoms with Crippen LogP contribution in [0.4, 0.5) is 102 Å². The van der Waals surface area contributed by atoms with Crippen LogP contribution in [0.1, 0.15) is 0 Å². The van der Waals surface area contributed by atoms with Crippen LogP contribution < -0.4 is 29.4 Å². The topological polar surface area (TPSA) is 19.4 Å². The molecule has 0 aliphatic carbocycles. The molecule has 22 aromatic rings. The lowest BCUT2D eigenvalue weighted by atomic mass is 9.99. The Morgan fingerprint density at radius 2 is 0.297 bits per heavy atom. The summed E-state index contributed by atoms with van der Waals surface area (Å²) in [6.45, 7) is 0. The predicted molar refractivity (Wildman–Crippen MR) is 547 cm³/mol. The lowest BCUT2D eigenvalue weighted by Gasteiger charge is -2.29. The first-order valence-corrected chi connectivity index (χ1v) is 45.0. The number of para-hydroxylation sites is 7. The van der Waals surface area contributed by atoms with Crippen molar-refractivity contribution in [3.8, 4) is 55.6 Å². The molecule has 128 heavy (non-hydrogen) atoms. The van der Waals surface area contributed by atoms with Gasteiger partial charge in [0.05, 0.1) is 0 Å². The van der Waals surface area contributed by atoms with E-state index in [9.17, 15) is 0 Å². The van der Waals surface area contributed by atoms with Crippen molar-refractivity contribution in [1.82, 2.24) is 0 Å². The number of anilines is 18. The molecular formula is C120H84N6S2. The second-order valence-corrected chi connectivity index (χ2v) is 34.1. The van der Waals surface area contributed by atoms with Crippen LogP contribution in [0.3, 0.4) is 0 Å². The number of rotatable bonds is 23. The van der Waals surface area contributed by atoms with Crippen LogP contribution in [0.2, 0.25) is 0 Å². The molecule has 2 heterocycles. The smallest absolute Gasteiger partial charge is 0.0463 e. The molecule has 0 atom stereocenters. The number of thiophene rings is 2. The lowest BCUT2D eigenvalue weighted by Crippen LogP contribution is -2.13. The third-order valence-electron chi connectivity index (χ3n) is 24.2. The number of nitrogens with zero attached hydrogens (tertiary/aromatic N) is 6. The van der Waals surface area contributed by atoms with E-state index in [1.54, 1.807) is 0 Å². The molecule has 0 spiro atoms. The van der Waals surface area contributed by atoms with Crippen molar-refractivity contribution in [2.24, 2.45) is 0 Å². The molecule has 0 unspecified atom stereocenters. The molecule has 6 nitrogen and oxygen atoms in total. The van der Waals surface area contributed by atoms with Crippen LogP contribution in [0.25, 0.3) is 96.0 Å². The van der Waals surface area contributed by atoms with Gasteiger partial charge in [-0.05, 0) is 292 Å². The summed E-state index contributed by atoms with van der Waals surface area (Å²) >= 11 is 3.73. The lowest BCUT2D eigenvalue weighted by molar-refractivity contribution is 1.24. The van der Waals surface area contributed by atoms with E-state index in [-0.39, 0.29) is 0 Å². The molecule has 8 heteroatoms. The Labute approximate surface area is 754 Å². The van der Waals surface area contributed by atoms with Crippen LogP contribution in [-0.4, -0.2) is 0 Å². The van der Waals surface area contributed by atoms with Gasteiger partial charge < -0.3 is 29.4 Å². The van der Waals surface area contributed by atoms with Gasteiger partial charge in [-0.15, -0.1) is 22.7 Å². The van der Waals surface area contributed by atoms with Crippen molar-refractivity contribution in [2.45, 2.75) is 0 Å². The summed E-state index contributed by atoms with van der Waals surface area (Å²) in [4.78, 5) is 14.0. The van der Waals surface area contributed by atoms with E-state index >= 15 is 0 Å². The number of benzene rings is 20. The summed E-state index contributed by atoms with van der Waals surface area (Å²) < 4.78 is 5.13. The van der Waals surface area contributed by atoms with Crippen molar-refractivity contribution < 1.29 is 0 Å². The third kappa shape index (κ3) is 15.4. The first-order valence-electron chi connectivity index (χ1n) is 43.4. The van der Waals surface area contributed by atoms with Gasteiger partial charge in [-0.25, -0.2) is 0 Å². The number of hydrogen-bond acceptors (Lipinski definition) is 8. The van der Waals surface area contributed by atoms with E-state index in [1.165, 1.54) is 62.6 Å². The first kappa shape index (κ1) is 77.7. The fourth-order valence-corrected chi connectivity index (χ4v) is 20.5. The Morgan fingerprint density at radius 3 is 0.555 bits per heavy atom. The van der Waals surface area contributed by atoms with Crippen molar-refractivity contribution >= 4 is 165 Å². The first-order chi connectivity index (χ1) is 63.5. The molecule has 2 aromatic heterocycles. The summed E-state index contributed by atoms with van der Waals surface area (Å²) in [5.74, 6) is 0. The van der Waals surface area contributed by atoms with Gasteiger partial charge in [0, 0.05) is 143 Å². The van der Waals surface area contributed by atoms with Gasteiger partial charge in [-0.3, -0.25) is 0 Å². The maximum absolute atomic E-state index is 2.39. The largest absolute Gasteiger partial charge is 0.311 e. The highest BCUT2D eigenvalue weighted by atomic mass is 32.1. The summed E-state index contributed by atoms with van der Waals surface area (Å²) in [5.41, 5.74) is 31.1. The zero-order chi connectivity index (χ0) is 85.1. The standard InChI is InChI=1S/C120H84N6S2/c1-8-26-93(27-9-1)121(94-28-10-2-11-29-94)100-61-46-85(47-62-100)87-50-65-103(66-51-87)125(105-71-56-90(57-72-105)111-41-24-43-114-113-40-22-23-45-117(113)127-119(111)114)104-67-52-88(53-68-104)86-48-63-101(64-49-86)124(99-38-20-7-21-39-99)102-69-54-89(55-70-102)92-60-83-118-116(84-92)115-44-25-42-112(120(115)128-118)91-58-73-106(74-59-91)126(109-79-75-107(76-80-109)122(95-30-12-3-13-31-95)96-32-14-4-15-33-96)110-81-77-108(78-82-110)123(97-34-16-5-17-35-97)98-36-18-6-19-37-98/h1-84H. The van der Waals surface area contributed by atoms with Crippen LogP contribution >= 0.6 is 22.7 Å². The number of fused-ring (bicyclic) bond motifs is 6. The highest BCUT2D eigenvalue weighted by molar-refractivity contribution is 7.26. The van der Waals surface area contributed by atoms with E-state index in [0.29, 0.717) is 0 Å². The average molecular weight is 1670 g/mol. The Hall–Kier alpha value is -16.4. The van der Waals surface area contributed by atoms with E-state index < -0.39 is 0 Å². The van der Waals surface area contributed by atoms with E-state index in [1.807, 2.05) is 22.7 Å². The Bertz CT molecular complexity index is 7340. The molecule has 606 valence electrons. The molecular weight excluding hydrogens is 1590 g/mol. The maximum Gasteiger partial charge on any atom is 0.0463 e. The molecule has 0 N–H and O–H groups in total. The van der Waals surface area contributed by atoms with Gasteiger partial charge >= 0.3 is 0 Å². The highest BCUT2D eigenvalue weighted by Crippen LogP contribution is 2.49. The van der Waals surface area contributed by atoms with Gasteiger partial charge in [0.1, 0.15) is 0 Å². The van der Waals surface area contributed by atoms with Crippen LogP contribution in [0.5, 0.6) is 0 Å². The Kier molecular flexibility index (Phi) is 21.1. The van der Waals surface area contributed by atoms with Gasteiger partial charge in [-0.1, -0.05) is 273 Å². The molecule has 0 fully saturated rings. The quantitative estimate of drug-likeness (QED) is 0.0631. The SMILES string of the molecule is c1ccc(N(c2ccccc2)c2ccc(-c3ccc(N(c4ccc(-c5ccc(N(c6ccccc6)c6ccc(-c7ccc8sc9c(-c%10ccc(N(c%11ccc(N(c%12ccccc%12)c%12ccccc%12)cc%11)c%11ccc(N(c%12ccccc%12)c%12ccccc%12)cc%11)cc%10)cccc9c8c7)cc6)cc5)cc4)c4ccc(-c5cccc6c5sc5ccccc56)cc4)cc3)cc2)cc1. The fraction of sp³-hybridized carbons (Fsp3) is 0. The van der Waals surface area contributed by atoms with Crippen molar-refractivity contribution in [3.63, 3.8) is 0 Å². The summed E-state index contributed by atoms with van der Waals surface area (Å²) in [7, 11) is 0. The Morgan fingerprint density at radius 1 is 0.117 bits per heavy atom. The zero-order valence-corrected chi connectivity index (χ0v) is 71.6. The van der Waals surface area contributed by atoms with Crippen LogP contribution in [-0.2, 0) is 0 Å². The van der Waals surface area contributed by atoms with E-state index in [0.717, 1.165) is 136 Å². The van der Waals surface area contributed by atoms with Crippen molar-refractivity contribution in [1.29, 1.82) is 0 Å². The summed E-state index contributed by atoms with van der Waals surface area (Å²) in [5, 5.41) is 5.10. The van der Waals surface area contributed by atoms with Crippen LogP contribution in [0.15, 0.2) is 510 Å². The van der Waals surface area contributed by atoms with Gasteiger partial charge in [0.25, 0.3) is 0 Å². The maximum atomic E-state index is 2.39. The summed E-state index contributed by atoms with van der Waals surface area (Å²) in [6, 6.07) is 185. The van der Waals surface area contributed by atoms with Gasteiger partial charge in [-0.2, -0.15) is 0 Å². The second-order valence-electron chi connectivity index (χ2n) is 32.0. The minimum atomic E-state index is 1.04. The molecule has 0 aliphatic rings. The van der Waals surface area contributed by atoms with Gasteiger partial charge in [0.15, 0.2) is 0 Å². The molecule has 0 saturated carbocycles. The molecule has 22 rings (SSSR count). The second kappa shape index (κ2) is 34.7. The third-order valence-corrected chi connectivity index (χ3v) is 26.7. The summed E-state index contributed by atoms with van der Waals surface area (Å²) in [6.07, 6.45) is 0.